The van der Waals surface area contributed by atoms with Crippen LogP contribution in [0.3, 0.4) is 0 Å². The van der Waals surface area contributed by atoms with Crippen molar-refractivity contribution in [2.24, 2.45) is 10.3 Å². The van der Waals surface area contributed by atoms with E-state index in [1.807, 2.05) is 55.1 Å². The summed E-state index contributed by atoms with van der Waals surface area (Å²) in [6.45, 7) is 8.74. The SMILES string of the molecule is CC1=C(c2ccc(C(C)C)cc2)S(=O)(=O)N=C1N1CCC(C(=O)NCCN(C)C)CC1. The first kappa shape index (κ1) is 23.5. The van der Waals surface area contributed by atoms with E-state index in [-0.39, 0.29) is 11.8 Å². The average molecular weight is 447 g/mol. The fourth-order valence-electron chi connectivity index (χ4n) is 4.10. The number of nitrogens with one attached hydrogen (secondary N) is 1. The maximum atomic E-state index is 12.9. The molecule has 1 fully saturated rings. The molecule has 31 heavy (non-hydrogen) atoms. The van der Waals surface area contributed by atoms with Gasteiger partial charge in [-0.2, -0.15) is 8.42 Å². The highest BCUT2D eigenvalue weighted by Gasteiger charge is 2.35. The molecule has 2 aliphatic heterocycles. The van der Waals surface area contributed by atoms with Crippen LogP contribution in [-0.4, -0.2) is 70.2 Å². The molecule has 0 spiro atoms. The fraction of sp³-hybridized carbons (Fsp3) is 0.565. The standard InChI is InChI=1S/C23H34N4O3S/c1-16(2)18-6-8-19(9-7-18)21-17(3)22(25-31(21,29)30)27-13-10-20(11-14-27)23(28)24-12-15-26(4)5/h6-9,16,20H,10-15H2,1-5H3,(H,24,28). The molecule has 1 aromatic carbocycles. The molecule has 0 saturated carbocycles. The Labute approximate surface area is 186 Å². The monoisotopic (exact) mass is 446 g/mol. The van der Waals surface area contributed by atoms with E-state index < -0.39 is 10.0 Å². The number of sulfonamides is 1. The van der Waals surface area contributed by atoms with Crippen LogP contribution in [-0.2, 0) is 14.8 Å². The van der Waals surface area contributed by atoms with E-state index >= 15 is 0 Å². The van der Waals surface area contributed by atoms with Crippen LogP contribution in [0.1, 0.15) is 50.7 Å². The van der Waals surface area contributed by atoms with Gasteiger partial charge in [-0.15, -0.1) is 4.40 Å². The Morgan fingerprint density at radius 2 is 1.81 bits per heavy atom. The van der Waals surface area contributed by atoms with Crippen LogP contribution in [0.5, 0.6) is 0 Å². The molecule has 0 radical (unpaired) electrons. The van der Waals surface area contributed by atoms with E-state index in [0.29, 0.717) is 60.3 Å². The molecule has 3 rings (SSSR count). The first-order chi connectivity index (χ1) is 14.6. The van der Waals surface area contributed by atoms with Gasteiger partial charge in [0.05, 0.1) is 0 Å². The molecule has 0 atom stereocenters. The Balaban J connectivity index is 1.69. The Hall–Kier alpha value is -2.19. The van der Waals surface area contributed by atoms with Crippen molar-refractivity contribution in [3.63, 3.8) is 0 Å². The van der Waals surface area contributed by atoms with Crippen LogP contribution < -0.4 is 5.32 Å². The predicted molar refractivity (Wildman–Crippen MR) is 125 cm³/mol. The van der Waals surface area contributed by atoms with E-state index in [1.54, 1.807) is 0 Å². The van der Waals surface area contributed by atoms with E-state index in [9.17, 15) is 13.2 Å². The molecule has 0 bridgehead atoms. The highest BCUT2D eigenvalue weighted by atomic mass is 32.2. The van der Waals surface area contributed by atoms with Gasteiger partial charge in [-0.25, -0.2) is 0 Å². The number of likely N-dealkylation sites (tertiary alicyclic amines) is 1. The Morgan fingerprint density at radius 3 is 2.35 bits per heavy atom. The summed E-state index contributed by atoms with van der Waals surface area (Å²) in [7, 11) is 0.223. The summed E-state index contributed by atoms with van der Waals surface area (Å²) in [5.41, 5.74) is 2.53. The minimum absolute atomic E-state index is 0.0376. The quantitative estimate of drug-likeness (QED) is 0.727. The normalized spacial score (nSPS) is 19.3. The molecule has 170 valence electrons. The van der Waals surface area contributed by atoms with Gasteiger partial charge < -0.3 is 15.1 Å². The van der Waals surface area contributed by atoms with Crippen LogP contribution >= 0.6 is 0 Å². The van der Waals surface area contributed by atoms with Gasteiger partial charge in [0.1, 0.15) is 10.7 Å². The van der Waals surface area contributed by atoms with E-state index in [0.717, 1.165) is 6.54 Å². The molecular weight excluding hydrogens is 412 g/mol. The predicted octanol–water partition coefficient (Wildman–Crippen LogP) is 2.67. The van der Waals surface area contributed by atoms with E-state index in [4.69, 9.17) is 0 Å². The van der Waals surface area contributed by atoms with Crippen molar-refractivity contribution in [3.8, 4) is 0 Å². The van der Waals surface area contributed by atoms with Crippen LogP contribution in [0.15, 0.2) is 34.2 Å². The molecular formula is C23H34N4O3S. The summed E-state index contributed by atoms with van der Waals surface area (Å²) < 4.78 is 29.8. The molecule has 1 amide bonds. The topological polar surface area (TPSA) is 82.1 Å². The zero-order valence-corrected chi connectivity index (χ0v) is 20.0. The van der Waals surface area contributed by atoms with Crippen LogP contribution in [0, 0.1) is 5.92 Å². The lowest BCUT2D eigenvalue weighted by molar-refractivity contribution is -0.126. The van der Waals surface area contributed by atoms with E-state index in [1.165, 1.54) is 5.56 Å². The molecule has 2 heterocycles. The number of carbonyl (C=O) groups is 1. The molecule has 0 aliphatic carbocycles. The second kappa shape index (κ2) is 9.53. The number of hydrogen-bond donors (Lipinski definition) is 1. The highest BCUT2D eigenvalue weighted by molar-refractivity contribution is 8.00. The number of nitrogens with zero attached hydrogens (tertiary/aromatic N) is 3. The summed E-state index contributed by atoms with van der Waals surface area (Å²) in [5, 5.41) is 3.00. The van der Waals surface area contributed by atoms with Crippen molar-refractivity contribution in [1.29, 1.82) is 0 Å². The largest absolute Gasteiger partial charge is 0.356 e. The van der Waals surface area contributed by atoms with Gasteiger partial charge in [0.15, 0.2) is 0 Å². The Bertz CT molecular complexity index is 971. The van der Waals surface area contributed by atoms with Crippen LogP contribution in [0.25, 0.3) is 4.91 Å². The summed E-state index contributed by atoms with van der Waals surface area (Å²) in [4.78, 5) is 16.7. The molecule has 1 aromatic rings. The number of amidine groups is 1. The van der Waals surface area contributed by atoms with Gasteiger partial charge in [0, 0.05) is 37.7 Å². The number of amides is 1. The first-order valence-corrected chi connectivity index (χ1v) is 12.4. The first-order valence-electron chi connectivity index (χ1n) is 10.9. The number of likely N-dealkylation sites (N-methyl/N-ethyl adjacent to an activating group) is 1. The lowest BCUT2D eigenvalue weighted by atomic mass is 9.95. The second-order valence-electron chi connectivity index (χ2n) is 8.98. The fourth-order valence-corrected chi connectivity index (χ4v) is 5.59. The summed E-state index contributed by atoms with van der Waals surface area (Å²) >= 11 is 0. The van der Waals surface area contributed by atoms with Crippen molar-refractivity contribution in [3.05, 3.63) is 41.0 Å². The summed E-state index contributed by atoms with van der Waals surface area (Å²) in [6.07, 6.45) is 1.39. The minimum atomic E-state index is -3.73. The van der Waals surface area contributed by atoms with E-state index in [2.05, 4.69) is 23.6 Å². The number of hydrogen-bond acceptors (Lipinski definition) is 5. The van der Waals surface area contributed by atoms with Gasteiger partial charge in [-0.05, 0) is 50.9 Å². The maximum Gasteiger partial charge on any atom is 0.285 e. The zero-order valence-electron chi connectivity index (χ0n) is 19.2. The Kier molecular flexibility index (Phi) is 7.21. The lowest BCUT2D eigenvalue weighted by Gasteiger charge is -2.33. The molecule has 2 aliphatic rings. The van der Waals surface area contributed by atoms with Crippen LogP contribution in [0.4, 0.5) is 0 Å². The molecule has 8 heteroatoms. The number of rotatable bonds is 6. The van der Waals surface area contributed by atoms with Gasteiger partial charge in [0.2, 0.25) is 5.91 Å². The number of piperidine rings is 1. The van der Waals surface area contributed by atoms with Crippen molar-refractivity contribution < 1.29 is 13.2 Å². The molecule has 1 saturated heterocycles. The third-order valence-electron chi connectivity index (χ3n) is 6.00. The number of benzene rings is 1. The zero-order chi connectivity index (χ0) is 22.8. The van der Waals surface area contributed by atoms with Gasteiger partial charge in [0.25, 0.3) is 10.0 Å². The molecule has 0 unspecified atom stereocenters. The second-order valence-corrected chi connectivity index (χ2v) is 10.5. The minimum Gasteiger partial charge on any atom is -0.356 e. The molecule has 7 nitrogen and oxygen atoms in total. The van der Waals surface area contributed by atoms with Crippen molar-refractivity contribution in [1.82, 2.24) is 15.1 Å². The summed E-state index contributed by atoms with van der Waals surface area (Å²) in [5.74, 6) is 0.955. The molecule has 1 N–H and O–H groups in total. The van der Waals surface area contributed by atoms with Crippen molar-refractivity contribution in [2.45, 2.75) is 39.5 Å². The van der Waals surface area contributed by atoms with Crippen LogP contribution in [0.2, 0.25) is 0 Å². The highest BCUT2D eigenvalue weighted by Crippen LogP contribution is 2.35. The smallest absolute Gasteiger partial charge is 0.285 e. The van der Waals surface area contributed by atoms with Gasteiger partial charge in [-0.3, -0.25) is 4.79 Å². The van der Waals surface area contributed by atoms with Crippen molar-refractivity contribution >= 4 is 26.7 Å². The molecule has 0 aromatic heterocycles. The third-order valence-corrected chi connectivity index (χ3v) is 7.47. The van der Waals surface area contributed by atoms with Gasteiger partial charge >= 0.3 is 0 Å². The van der Waals surface area contributed by atoms with Crippen molar-refractivity contribution in [2.75, 3.05) is 40.3 Å². The number of carbonyl (C=O) groups excluding carboxylic acids is 1. The Morgan fingerprint density at radius 1 is 1.19 bits per heavy atom. The third kappa shape index (κ3) is 5.36. The van der Waals surface area contributed by atoms with Gasteiger partial charge in [-0.1, -0.05) is 38.1 Å². The lowest BCUT2D eigenvalue weighted by Crippen LogP contribution is -2.44. The average Bonchev–Trinajstić information content (AvgIpc) is 2.96. The summed E-state index contributed by atoms with van der Waals surface area (Å²) in [6, 6.07) is 7.70. The maximum absolute atomic E-state index is 12.9.